The molecule has 1 aromatic carbocycles. The molecule has 0 unspecified atom stereocenters. The predicted octanol–water partition coefficient (Wildman–Crippen LogP) is 1.89. The molecule has 0 bridgehead atoms. The highest BCUT2D eigenvalue weighted by molar-refractivity contribution is 9.11. The maximum atomic E-state index is 11.9. The topological polar surface area (TPSA) is 107 Å². The van der Waals surface area contributed by atoms with Crippen molar-refractivity contribution in [2.45, 2.75) is 0 Å². The number of carboxylic acids is 1. The monoisotopic (exact) mass is 418 g/mol. The van der Waals surface area contributed by atoms with Gasteiger partial charge in [0.15, 0.2) is 0 Å². The van der Waals surface area contributed by atoms with Crippen molar-refractivity contribution < 1.29 is 24.6 Å². The van der Waals surface area contributed by atoms with Gasteiger partial charge in [0.05, 0.1) is 8.95 Å². The number of carbonyl (C=O) groups excluding carboxylic acids is 2. The zero-order chi connectivity index (χ0) is 15.7. The molecule has 0 atom stereocenters. The molecule has 1 aromatic rings. The summed E-state index contributed by atoms with van der Waals surface area (Å²) in [5.41, 5.74) is 0.498. The fourth-order valence-corrected chi connectivity index (χ4v) is 2.91. The van der Waals surface area contributed by atoms with Crippen LogP contribution in [0.5, 0.6) is 5.75 Å². The second kappa shape index (κ2) is 5.86. The van der Waals surface area contributed by atoms with Gasteiger partial charge in [-0.15, -0.1) is 0 Å². The number of halogens is 2. The number of nitrogens with one attached hydrogen (secondary N) is 1. The summed E-state index contributed by atoms with van der Waals surface area (Å²) in [7, 11) is 0. The first-order chi connectivity index (χ1) is 9.79. The quantitative estimate of drug-likeness (QED) is 0.512. The molecule has 0 aromatic heterocycles. The first-order valence-electron chi connectivity index (χ1n) is 5.54. The summed E-state index contributed by atoms with van der Waals surface area (Å²) in [5.74, 6) is -2.00. The third kappa shape index (κ3) is 3.24. The number of carbonyl (C=O) groups is 3. The number of hydrogen-bond acceptors (Lipinski definition) is 4. The Kier molecular flexibility index (Phi) is 4.33. The van der Waals surface area contributed by atoms with E-state index in [-0.39, 0.29) is 11.4 Å². The lowest BCUT2D eigenvalue weighted by molar-refractivity contribution is -0.140. The van der Waals surface area contributed by atoms with Crippen LogP contribution in [0.1, 0.15) is 5.56 Å². The van der Waals surface area contributed by atoms with Gasteiger partial charge in [-0.3, -0.25) is 9.59 Å². The maximum absolute atomic E-state index is 11.9. The zero-order valence-corrected chi connectivity index (χ0v) is 13.4. The highest BCUT2D eigenvalue weighted by Crippen LogP contribution is 2.34. The smallest absolute Gasteiger partial charge is 0.329 e. The highest BCUT2D eigenvalue weighted by atomic mass is 79.9. The van der Waals surface area contributed by atoms with Crippen LogP contribution >= 0.6 is 31.9 Å². The van der Waals surface area contributed by atoms with Crippen LogP contribution in [0.25, 0.3) is 6.08 Å². The van der Waals surface area contributed by atoms with Crippen LogP contribution in [0.4, 0.5) is 4.79 Å². The maximum Gasteiger partial charge on any atom is 0.329 e. The number of carboxylic acid groups (broad SMARTS) is 1. The summed E-state index contributed by atoms with van der Waals surface area (Å²) in [6.45, 7) is -0.703. The minimum atomic E-state index is -1.28. The van der Waals surface area contributed by atoms with Gasteiger partial charge in [-0.2, -0.15) is 0 Å². The van der Waals surface area contributed by atoms with Gasteiger partial charge >= 0.3 is 12.0 Å². The van der Waals surface area contributed by atoms with Crippen molar-refractivity contribution in [1.29, 1.82) is 0 Å². The van der Waals surface area contributed by atoms with Crippen molar-refractivity contribution in [3.8, 4) is 5.75 Å². The van der Waals surface area contributed by atoms with Crippen LogP contribution in [0.2, 0.25) is 0 Å². The summed E-state index contributed by atoms with van der Waals surface area (Å²) >= 11 is 6.30. The van der Waals surface area contributed by atoms with E-state index in [1.54, 1.807) is 12.1 Å². The van der Waals surface area contributed by atoms with E-state index in [1.165, 1.54) is 6.08 Å². The Labute approximate surface area is 135 Å². The second-order valence-electron chi connectivity index (χ2n) is 4.11. The fraction of sp³-hybridized carbons (Fsp3) is 0.0833. The standard InChI is InChI=1S/C12H8Br2N2O5/c13-6-1-5(2-7(14)10(6)19)3-8-11(20)16(4-9(17)18)12(21)15-8/h1-3,19H,4H2,(H,15,21)(H,17,18)/b8-3+. The van der Waals surface area contributed by atoms with E-state index < -0.39 is 24.5 Å². The Hall–Kier alpha value is -1.87. The summed E-state index contributed by atoms with van der Waals surface area (Å²) < 4.78 is 0.811. The number of aliphatic carboxylic acids is 1. The van der Waals surface area contributed by atoms with Gasteiger partial charge in [0, 0.05) is 0 Å². The fourth-order valence-electron chi connectivity index (χ4n) is 1.69. The third-order valence-corrected chi connectivity index (χ3v) is 3.81. The Morgan fingerprint density at radius 2 is 1.86 bits per heavy atom. The van der Waals surface area contributed by atoms with Crippen LogP contribution in [-0.4, -0.2) is 39.6 Å². The van der Waals surface area contributed by atoms with Crippen LogP contribution < -0.4 is 5.32 Å². The number of nitrogens with zero attached hydrogens (tertiary/aromatic N) is 1. The van der Waals surface area contributed by atoms with Crippen LogP contribution in [0, 0.1) is 0 Å². The number of rotatable bonds is 3. The molecule has 110 valence electrons. The van der Waals surface area contributed by atoms with Gasteiger partial charge in [0.25, 0.3) is 5.91 Å². The average Bonchev–Trinajstić information content (AvgIpc) is 2.63. The molecule has 1 heterocycles. The first kappa shape index (κ1) is 15.5. The lowest BCUT2D eigenvalue weighted by atomic mass is 10.2. The summed E-state index contributed by atoms with van der Waals surface area (Å²) in [6, 6.07) is 2.31. The minimum Gasteiger partial charge on any atom is -0.506 e. The number of phenols is 1. The molecule has 3 amide bonds. The van der Waals surface area contributed by atoms with Crippen molar-refractivity contribution >= 4 is 55.8 Å². The summed E-state index contributed by atoms with van der Waals surface area (Å²) in [5, 5.41) is 20.6. The van der Waals surface area contributed by atoms with E-state index >= 15 is 0 Å². The molecule has 0 radical (unpaired) electrons. The van der Waals surface area contributed by atoms with E-state index in [0.717, 1.165) is 0 Å². The Morgan fingerprint density at radius 1 is 1.29 bits per heavy atom. The summed E-state index contributed by atoms with van der Waals surface area (Å²) in [6.07, 6.45) is 1.39. The molecule has 1 saturated heterocycles. The van der Waals surface area contributed by atoms with Crippen molar-refractivity contribution in [1.82, 2.24) is 10.2 Å². The Morgan fingerprint density at radius 3 is 2.38 bits per heavy atom. The minimum absolute atomic E-state index is 0.00596. The molecule has 3 N–H and O–H groups in total. The SMILES string of the molecule is O=C(O)CN1C(=O)N/C(=C/c2cc(Br)c(O)c(Br)c2)C1=O. The van der Waals surface area contributed by atoms with E-state index in [1.807, 2.05) is 0 Å². The molecule has 0 aliphatic carbocycles. The lowest BCUT2D eigenvalue weighted by Gasteiger charge is -2.07. The van der Waals surface area contributed by atoms with Crippen LogP contribution in [0.3, 0.4) is 0 Å². The predicted molar refractivity (Wildman–Crippen MR) is 79.4 cm³/mol. The molecule has 2 rings (SSSR count). The molecule has 21 heavy (non-hydrogen) atoms. The number of benzene rings is 1. The van der Waals surface area contributed by atoms with Gasteiger partial charge in [0.1, 0.15) is 18.0 Å². The van der Waals surface area contributed by atoms with Gasteiger partial charge < -0.3 is 15.5 Å². The Balaban J connectivity index is 2.33. The highest BCUT2D eigenvalue weighted by Gasteiger charge is 2.34. The van der Waals surface area contributed by atoms with Crippen molar-refractivity contribution in [2.24, 2.45) is 0 Å². The van der Waals surface area contributed by atoms with Gasteiger partial charge in [-0.1, -0.05) is 0 Å². The average molecular weight is 420 g/mol. The second-order valence-corrected chi connectivity index (χ2v) is 5.82. The normalized spacial score (nSPS) is 16.5. The van der Waals surface area contributed by atoms with E-state index in [0.29, 0.717) is 19.4 Å². The number of phenolic OH excluding ortho intramolecular Hbond substituents is 1. The number of amides is 3. The molecule has 1 aliphatic rings. The molecule has 1 fully saturated rings. The van der Waals surface area contributed by atoms with Crippen molar-refractivity contribution in [2.75, 3.05) is 6.54 Å². The van der Waals surface area contributed by atoms with E-state index in [4.69, 9.17) is 5.11 Å². The Bertz CT molecular complexity index is 663. The molecule has 0 spiro atoms. The van der Waals surface area contributed by atoms with E-state index in [2.05, 4.69) is 37.2 Å². The van der Waals surface area contributed by atoms with Crippen LogP contribution in [-0.2, 0) is 9.59 Å². The molecule has 0 saturated carbocycles. The van der Waals surface area contributed by atoms with Gasteiger partial charge in [-0.25, -0.2) is 9.69 Å². The lowest BCUT2D eigenvalue weighted by Crippen LogP contribution is -2.35. The van der Waals surface area contributed by atoms with Gasteiger partial charge in [-0.05, 0) is 55.6 Å². The number of imide groups is 1. The summed E-state index contributed by atoms with van der Waals surface area (Å²) in [4.78, 5) is 34.7. The van der Waals surface area contributed by atoms with Crippen molar-refractivity contribution in [3.05, 3.63) is 32.3 Å². The number of hydrogen-bond donors (Lipinski definition) is 3. The molecular weight excluding hydrogens is 412 g/mol. The van der Waals surface area contributed by atoms with E-state index in [9.17, 15) is 19.5 Å². The van der Waals surface area contributed by atoms with Crippen molar-refractivity contribution in [3.63, 3.8) is 0 Å². The molecule has 1 aliphatic heterocycles. The molecule has 9 heteroatoms. The molecular formula is C12H8Br2N2O5. The number of aromatic hydroxyl groups is 1. The van der Waals surface area contributed by atoms with Crippen LogP contribution in [0.15, 0.2) is 26.8 Å². The largest absolute Gasteiger partial charge is 0.506 e. The first-order valence-corrected chi connectivity index (χ1v) is 7.12. The third-order valence-electron chi connectivity index (χ3n) is 2.61. The molecule has 7 nitrogen and oxygen atoms in total. The number of urea groups is 1. The zero-order valence-electron chi connectivity index (χ0n) is 10.3. The van der Waals surface area contributed by atoms with Gasteiger partial charge in [0.2, 0.25) is 0 Å².